The lowest BCUT2D eigenvalue weighted by Crippen LogP contribution is -2.16. The van der Waals surface area contributed by atoms with E-state index in [2.05, 4.69) is 0 Å². The second kappa shape index (κ2) is 8.18. The highest BCUT2D eigenvalue weighted by molar-refractivity contribution is 5.97. The lowest BCUT2D eigenvalue weighted by molar-refractivity contribution is -0.149. The van der Waals surface area contributed by atoms with Crippen molar-refractivity contribution >= 4 is 33.9 Å². The molecule has 7 heteroatoms. The quantitative estimate of drug-likeness (QED) is 0.463. The van der Waals surface area contributed by atoms with Gasteiger partial charge in [0.25, 0.3) is 0 Å². The number of ether oxygens (including phenoxy) is 2. The lowest BCUT2D eigenvalue weighted by Gasteiger charge is -2.23. The predicted octanol–water partition coefficient (Wildman–Crippen LogP) is 4.69. The van der Waals surface area contributed by atoms with Gasteiger partial charge in [-0.3, -0.25) is 9.59 Å². The van der Waals surface area contributed by atoms with Crippen molar-refractivity contribution in [1.29, 1.82) is 0 Å². The fraction of sp³-hybridized carbons (Fsp3) is 0.348. The average molecular weight is 412 g/mol. The number of fused-ring (bicyclic) bond motifs is 2. The van der Waals surface area contributed by atoms with Crippen LogP contribution in [0.4, 0.5) is 0 Å². The number of carboxylic acid groups (broad SMARTS) is 1. The van der Waals surface area contributed by atoms with Gasteiger partial charge in [-0.1, -0.05) is 13.8 Å². The molecule has 1 aromatic heterocycles. The molecule has 0 amide bonds. The topological polar surface area (TPSA) is 103 Å². The van der Waals surface area contributed by atoms with Crippen molar-refractivity contribution in [2.45, 2.75) is 46.8 Å². The number of aromatic carboxylic acids is 1. The minimum atomic E-state index is -1.14. The zero-order chi connectivity index (χ0) is 22.2. The van der Waals surface area contributed by atoms with Gasteiger partial charge in [0.15, 0.2) is 0 Å². The third-order valence-corrected chi connectivity index (χ3v) is 4.60. The molecule has 0 saturated carbocycles. The summed E-state index contributed by atoms with van der Waals surface area (Å²) in [4.78, 5) is 36.3. The van der Waals surface area contributed by atoms with Crippen LogP contribution in [-0.2, 0) is 9.53 Å². The van der Waals surface area contributed by atoms with Crippen LogP contribution in [0.3, 0.4) is 0 Å². The molecule has 0 radical (unpaired) electrons. The van der Waals surface area contributed by atoms with Gasteiger partial charge in [-0.25, -0.2) is 4.79 Å². The summed E-state index contributed by atoms with van der Waals surface area (Å²) in [5.74, 6) is -1.25. The highest BCUT2D eigenvalue weighted by atomic mass is 16.5. The molecule has 7 nitrogen and oxygen atoms in total. The summed E-state index contributed by atoms with van der Waals surface area (Å²) in [6.45, 7) is 8.84. The molecule has 158 valence electrons. The number of rotatable bonds is 6. The van der Waals surface area contributed by atoms with Gasteiger partial charge in [-0.15, -0.1) is 0 Å². The molecule has 3 aromatic rings. The van der Waals surface area contributed by atoms with Gasteiger partial charge < -0.3 is 19.0 Å². The molecule has 0 aliphatic carbocycles. The minimum absolute atomic E-state index is 0.0103. The summed E-state index contributed by atoms with van der Waals surface area (Å²) in [6.07, 6.45) is -0.799. The summed E-state index contributed by atoms with van der Waals surface area (Å²) in [5, 5.41) is 9.64. The van der Waals surface area contributed by atoms with E-state index in [0.717, 1.165) is 0 Å². The number of benzene rings is 2. The van der Waals surface area contributed by atoms with Crippen LogP contribution in [0.1, 0.15) is 56.6 Å². The lowest BCUT2D eigenvalue weighted by atomic mass is 9.96. The summed E-state index contributed by atoms with van der Waals surface area (Å²) in [5.41, 5.74) is 0.668. The fourth-order valence-corrected chi connectivity index (χ4v) is 3.38. The SMILES string of the molecule is CC(=O)OC(c1cc(OC(C)C)cc2c(=O)c3cc(C(=O)O)ccc3oc12)C(C)C. The van der Waals surface area contributed by atoms with E-state index in [1.165, 1.54) is 25.1 Å². The van der Waals surface area contributed by atoms with Crippen molar-refractivity contribution in [2.24, 2.45) is 5.92 Å². The molecule has 0 fully saturated rings. The summed E-state index contributed by atoms with van der Waals surface area (Å²) in [7, 11) is 0. The van der Waals surface area contributed by atoms with E-state index in [-0.39, 0.29) is 45.0 Å². The van der Waals surface area contributed by atoms with Gasteiger partial charge in [0.1, 0.15) is 23.0 Å². The Balaban J connectivity index is 2.39. The smallest absolute Gasteiger partial charge is 0.335 e. The minimum Gasteiger partial charge on any atom is -0.491 e. The van der Waals surface area contributed by atoms with Crippen molar-refractivity contribution in [3.63, 3.8) is 0 Å². The second-order valence-corrected chi connectivity index (χ2v) is 7.78. The van der Waals surface area contributed by atoms with Crippen LogP contribution in [0.2, 0.25) is 0 Å². The first kappa shape index (κ1) is 21.4. The second-order valence-electron chi connectivity index (χ2n) is 7.78. The van der Waals surface area contributed by atoms with Crippen molar-refractivity contribution in [1.82, 2.24) is 0 Å². The van der Waals surface area contributed by atoms with Gasteiger partial charge in [-0.05, 0) is 50.1 Å². The highest BCUT2D eigenvalue weighted by Gasteiger charge is 2.26. The molecule has 3 rings (SSSR count). The zero-order valence-corrected chi connectivity index (χ0v) is 17.5. The Morgan fingerprint density at radius 3 is 2.30 bits per heavy atom. The van der Waals surface area contributed by atoms with Gasteiger partial charge in [-0.2, -0.15) is 0 Å². The first-order chi connectivity index (χ1) is 14.1. The number of carbonyl (C=O) groups is 2. The van der Waals surface area contributed by atoms with Crippen LogP contribution in [0.25, 0.3) is 21.9 Å². The third kappa shape index (κ3) is 4.15. The van der Waals surface area contributed by atoms with Crippen LogP contribution in [0.5, 0.6) is 5.75 Å². The average Bonchev–Trinajstić information content (AvgIpc) is 2.65. The summed E-state index contributed by atoms with van der Waals surface area (Å²) in [6, 6.07) is 7.42. The van der Waals surface area contributed by atoms with Gasteiger partial charge in [0.05, 0.1) is 22.4 Å². The molecule has 0 aliphatic heterocycles. The molecule has 0 aliphatic rings. The molecular formula is C23H24O7. The van der Waals surface area contributed by atoms with Gasteiger partial charge in [0, 0.05) is 12.5 Å². The van der Waals surface area contributed by atoms with Crippen molar-refractivity contribution in [3.8, 4) is 5.75 Å². The molecule has 0 saturated heterocycles. The molecule has 1 atom stereocenters. The van der Waals surface area contributed by atoms with Crippen molar-refractivity contribution < 1.29 is 28.6 Å². The first-order valence-electron chi connectivity index (χ1n) is 9.70. The zero-order valence-electron chi connectivity index (χ0n) is 17.5. The van der Waals surface area contributed by atoms with Gasteiger partial charge >= 0.3 is 11.9 Å². The van der Waals surface area contributed by atoms with Crippen LogP contribution >= 0.6 is 0 Å². The van der Waals surface area contributed by atoms with Crippen LogP contribution in [0.15, 0.2) is 39.5 Å². The Labute approximate surface area is 173 Å². The van der Waals surface area contributed by atoms with E-state index in [1.807, 2.05) is 27.7 Å². The Bertz CT molecular complexity index is 1190. The van der Waals surface area contributed by atoms with Crippen molar-refractivity contribution in [3.05, 3.63) is 51.7 Å². The Morgan fingerprint density at radius 2 is 1.73 bits per heavy atom. The van der Waals surface area contributed by atoms with Crippen LogP contribution < -0.4 is 10.2 Å². The van der Waals surface area contributed by atoms with E-state index in [4.69, 9.17) is 13.9 Å². The van der Waals surface area contributed by atoms with Crippen molar-refractivity contribution in [2.75, 3.05) is 0 Å². The molecule has 2 aromatic carbocycles. The number of esters is 1. The van der Waals surface area contributed by atoms with E-state index in [1.54, 1.807) is 12.1 Å². The van der Waals surface area contributed by atoms with Gasteiger partial charge in [0.2, 0.25) is 5.43 Å². The maximum absolute atomic E-state index is 13.3. The maximum Gasteiger partial charge on any atom is 0.335 e. The molecule has 1 heterocycles. The largest absolute Gasteiger partial charge is 0.491 e. The fourth-order valence-electron chi connectivity index (χ4n) is 3.38. The van der Waals surface area contributed by atoms with Crippen LogP contribution in [-0.4, -0.2) is 23.1 Å². The monoisotopic (exact) mass is 412 g/mol. The number of hydrogen-bond donors (Lipinski definition) is 1. The van der Waals surface area contributed by atoms with E-state index >= 15 is 0 Å². The number of hydrogen-bond acceptors (Lipinski definition) is 6. The molecule has 0 bridgehead atoms. The highest BCUT2D eigenvalue weighted by Crippen LogP contribution is 2.36. The van der Waals surface area contributed by atoms with E-state index in [0.29, 0.717) is 11.3 Å². The Kier molecular flexibility index (Phi) is 5.82. The Hall–Kier alpha value is -3.35. The summed E-state index contributed by atoms with van der Waals surface area (Å²) < 4.78 is 17.4. The normalized spacial score (nSPS) is 12.5. The molecule has 1 N–H and O–H groups in total. The van der Waals surface area contributed by atoms with Crippen LogP contribution in [0, 0.1) is 5.92 Å². The maximum atomic E-state index is 13.3. The Morgan fingerprint density at radius 1 is 1.03 bits per heavy atom. The number of carboxylic acids is 1. The number of carbonyl (C=O) groups excluding carboxylic acids is 1. The molecule has 1 unspecified atom stereocenters. The molecule has 0 spiro atoms. The first-order valence-corrected chi connectivity index (χ1v) is 9.70. The van der Waals surface area contributed by atoms with E-state index in [9.17, 15) is 19.5 Å². The third-order valence-electron chi connectivity index (χ3n) is 4.60. The predicted molar refractivity (Wildman–Crippen MR) is 112 cm³/mol. The standard InChI is InChI=1S/C23H24O7/c1-11(2)21(29-13(5)24)18-10-15(28-12(3)4)9-17-20(25)16-8-14(23(26)27)6-7-19(16)30-22(17)18/h6-12,21H,1-5H3,(H,26,27). The summed E-state index contributed by atoms with van der Waals surface area (Å²) >= 11 is 0. The molecular weight excluding hydrogens is 388 g/mol. The molecule has 30 heavy (non-hydrogen) atoms. The van der Waals surface area contributed by atoms with E-state index < -0.39 is 18.0 Å².